The maximum atomic E-state index is 11.3. The first-order valence-electron chi connectivity index (χ1n) is 4.35. The Morgan fingerprint density at radius 1 is 1.62 bits per heavy atom. The van der Waals surface area contributed by atoms with Gasteiger partial charge in [0.05, 0.1) is 13.0 Å². The highest BCUT2D eigenvalue weighted by Gasteiger charge is 2.20. The largest absolute Gasteiger partial charge is 0.401 e. The highest BCUT2D eigenvalue weighted by Crippen LogP contribution is 2.20. The van der Waals surface area contributed by atoms with Crippen LogP contribution in [0.5, 0.6) is 0 Å². The Morgan fingerprint density at radius 3 is 2.77 bits per heavy atom. The second kappa shape index (κ2) is 4.13. The van der Waals surface area contributed by atoms with E-state index >= 15 is 0 Å². The molecule has 0 amide bonds. The van der Waals surface area contributed by atoms with Crippen molar-refractivity contribution in [3.63, 3.8) is 0 Å². The van der Waals surface area contributed by atoms with Gasteiger partial charge in [-0.05, 0) is 5.41 Å². The number of hydrogen-bond acceptors (Lipinski definition) is 4. The highest BCUT2D eigenvalue weighted by molar-refractivity contribution is 8.13. The molecule has 13 heavy (non-hydrogen) atoms. The van der Waals surface area contributed by atoms with Crippen LogP contribution in [0.15, 0.2) is 4.99 Å². The van der Waals surface area contributed by atoms with E-state index in [1.807, 2.05) is 20.8 Å². The van der Waals surface area contributed by atoms with E-state index < -0.39 is 0 Å². The zero-order valence-electron chi connectivity index (χ0n) is 8.29. The molecule has 0 bridgehead atoms. The van der Waals surface area contributed by atoms with Crippen molar-refractivity contribution in [1.29, 1.82) is 0 Å². The number of hydrogen-bond donors (Lipinski definition) is 0. The molecule has 1 aliphatic rings. The normalized spacial score (nSPS) is 17.0. The maximum Gasteiger partial charge on any atom is 0.313 e. The lowest BCUT2D eigenvalue weighted by molar-refractivity contribution is -0.137. The molecule has 0 N–H and O–H groups in total. The molecule has 0 aromatic heterocycles. The molecule has 74 valence electrons. The minimum absolute atomic E-state index is 0.0130. The lowest BCUT2D eigenvalue weighted by Gasteiger charge is -2.15. The Kier molecular flexibility index (Phi) is 3.36. The molecule has 0 spiro atoms. The highest BCUT2D eigenvalue weighted by atomic mass is 32.2. The number of esters is 1. The quantitative estimate of drug-likeness (QED) is 0.610. The minimum Gasteiger partial charge on any atom is -0.401 e. The van der Waals surface area contributed by atoms with E-state index in [1.54, 1.807) is 0 Å². The Balaban J connectivity index is 2.33. The summed E-state index contributed by atoms with van der Waals surface area (Å²) < 4.78 is 5.06. The molecule has 1 heterocycles. The van der Waals surface area contributed by atoms with Crippen molar-refractivity contribution in [3.05, 3.63) is 0 Å². The standard InChI is InChI=1S/C9H15NO2S/c1-9(2,3)6-7(11)12-8-10-4-5-13-8/h4-6H2,1-3H3. The zero-order valence-corrected chi connectivity index (χ0v) is 9.11. The molecule has 0 aromatic rings. The predicted octanol–water partition coefficient (Wildman–Crippen LogP) is 2.07. The van der Waals surface area contributed by atoms with Crippen molar-refractivity contribution in [1.82, 2.24) is 0 Å². The number of thioether (sulfide) groups is 1. The first-order chi connectivity index (χ1) is 5.97. The number of aliphatic imine (C=N–C) groups is 1. The average molecular weight is 201 g/mol. The second-order valence-electron chi connectivity index (χ2n) is 4.21. The zero-order chi connectivity index (χ0) is 9.90. The number of nitrogens with zero attached hydrogens (tertiary/aromatic N) is 1. The van der Waals surface area contributed by atoms with Gasteiger partial charge in [0, 0.05) is 5.75 Å². The van der Waals surface area contributed by atoms with Gasteiger partial charge in [0.25, 0.3) is 5.23 Å². The van der Waals surface area contributed by atoms with E-state index in [0.717, 1.165) is 12.3 Å². The molecule has 1 rings (SSSR count). The van der Waals surface area contributed by atoms with Gasteiger partial charge < -0.3 is 4.74 Å². The van der Waals surface area contributed by atoms with E-state index in [-0.39, 0.29) is 11.4 Å². The molecule has 0 saturated heterocycles. The van der Waals surface area contributed by atoms with Crippen LogP contribution in [0.25, 0.3) is 0 Å². The summed E-state index contributed by atoms with van der Waals surface area (Å²) in [5, 5.41) is 0.536. The summed E-state index contributed by atoms with van der Waals surface area (Å²) in [4.78, 5) is 15.3. The molecule has 0 aliphatic carbocycles. The van der Waals surface area contributed by atoms with Gasteiger partial charge in [-0.15, -0.1) is 0 Å². The molecule has 3 nitrogen and oxygen atoms in total. The summed E-state index contributed by atoms with van der Waals surface area (Å²) in [5.41, 5.74) is -0.0130. The van der Waals surface area contributed by atoms with Crippen molar-refractivity contribution in [3.8, 4) is 0 Å². The fourth-order valence-corrected chi connectivity index (χ4v) is 1.64. The molecule has 0 fully saturated rings. The van der Waals surface area contributed by atoms with Gasteiger partial charge in [0.2, 0.25) is 0 Å². The van der Waals surface area contributed by atoms with Crippen molar-refractivity contribution < 1.29 is 9.53 Å². The topological polar surface area (TPSA) is 38.7 Å². The summed E-state index contributed by atoms with van der Waals surface area (Å²) >= 11 is 1.50. The third kappa shape index (κ3) is 4.31. The summed E-state index contributed by atoms with van der Waals surface area (Å²) in [7, 11) is 0. The number of ether oxygens (including phenoxy) is 1. The molecule has 1 aliphatic heterocycles. The number of rotatable bonds is 1. The van der Waals surface area contributed by atoms with E-state index in [2.05, 4.69) is 4.99 Å². The van der Waals surface area contributed by atoms with Crippen LogP contribution in [0.4, 0.5) is 0 Å². The monoisotopic (exact) mass is 201 g/mol. The van der Waals surface area contributed by atoms with Gasteiger partial charge in [0.1, 0.15) is 0 Å². The fourth-order valence-electron chi connectivity index (χ4n) is 0.944. The third-order valence-electron chi connectivity index (χ3n) is 1.43. The first-order valence-corrected chi connectivity index (χ1v) is 5.34. The molecule has 4 heteroatoms. The van der Waals surface area contributed by atoms with Crippen LogP contribution in [0.1, 0.15) is 27.2 Å². The van der Waals surface area contributed by atoms with Gasteiger partial charge in [-0.3, -0.25) is 4.79 Å². The van der Waals surface area contributed by atoms with Gasteiger partial charge >= 0.3 is 5.97 Å². The summed E-state index contributed by atoms with van der Waals surface area (Å²) in [6, 6.07) is 0. The fraction of sp³-hybridized carbons (Fsp3) is 0.778. The van der Waals surface area contributed by atoms with Crippen LogP contribution in [0, 0.1) is 5.41 Å². The van der Waals surface area contributed by atoms with E-state index in [4.69, 9.17) is 4.74 Å². The first kappa shape index (κ1) is 10.6. The van der Waals surface area contributed by atoms with Crippen molar-refractivity contribution in [2.45, 2.75) is 27.2 Å². The summed E-state index contributed by atoms with van der Waals surface area (Å²) in [6.07, 6.45) is 0.437. The number of carbonyl (C=O) groups is 1. The van der Waals surface area contributed by atoms with Crippen molar-refractivity contribution >= 4 is 23.0 Å². The molecule has 0 unspecified atom stereocenters. The Labute approximate surface area is 82.9 Å². The van der Waals surface area contributed by atoms with Gasteiger partial charge in [-0.1, -0.05) is 32.5 Å². The molecular weight excluding hydrogens is 186 g/mol. The van der Waals surface area contributed by atoms with Gasteiger partial charge in [0.15, 0.2) is 0 Å². The minimum atomic E-state index is -0.180. The number of carbonyl (C=O) groups excluding carboxylic acids is 1. The molecule has 0 aromatic carbocycles. The van der Waals surface area contributed by atoms with Crippen LogP contribution in [0.3, 0.4) is 0 Å². The summed E-state index contributed by atoms with van der Waals surface area (Å²) in [5.74, 6) is 0.749. The predicted molar refractivity (Wildman–Crippen MR) is 54.9 cm³/mol. The molecule has 0 saturated carbocycles. The third-order valence-corrected chi connectivity index (χ3v) is 2.28. The maximum absolute atomic E-state index is 11.3. The van der Waals surface area contributed by atoms with Gasteiger partial charge in [-0.25, -0.2) is 4.99 Å². The van der Waals surface area contributed by atoms with E-state index in [1.165, 1.54) is 11.8 Å². The molecule has 0 radical (unpaired) electrons. The Morgan fingerprint density at radius 2 is 2.31 bits per heavy atom. The lowest BCUT2D eigenvalue weighted by Crippen LogP contribution is -2.16. The van der Waals surface area contributed by atoms with Crippen LogP contribution in [-0.4, -0.2) is 23.5 Å². The summed E-state index contributed by atoms with van der Waals surface area (Å²) in [6.45, 7) is 6.80. The van der Waals surface area contributed by atoms with Gasteiger partial charge in [-0.2, -0.15) is 0 Å². The van der Waals surface area contributed by atoms with E-state index in [9.17, 15) is 4.79 Å². The Bertz CT molecular complexity index is 230. The van der Waals surface area contributed by atoms with Crippen LogP contribution < -0.4 is 0 Å². The molecule has 0 atom stereocenters. The average Bonchev–Trinajstić information content (AvgIpc) is 2.34. The second-order valence-corrected chi connectivity index (χ2v) is 5.25. The van der Waals surface area contributed by atoms with Crippen molar-refractivity contribution in [2.24, 2.45) is 10.4 Å². The Hall–Kier alpha value is -0.510. The van der Waals surface area contributed by atoms with Crippen LogP contribution in [0.2, 0.25) is 0 Å². The van der Waals surface area contributed by atoms with Crippen LogP contribution >= 0.6 is 11.8 Å². The lowest BCUT2D eigenvalue weighted by atomic mass is 9.93. The van der Waals surface area contributed by atoms with Crippen LogP contribution in [-0.2, 0) is 9.53 Å². The molecular formula is C9H15NO2S. The smallest absolute Gasteiger partial charge is 0.313 e. The van der Waals surface area contributed by atoms with E-state index in [0.29, 0.717) is 11.7 Å². The SMILES string of the molecule is CC(C)(C)CC(=O)OC1=NCCS1. The van der Waals surface area contributed by atoms with Crippen molar-refractivity contribution in [2.75, 3.05) is 12.3 Å².